The molecular weight excluding hydrogens is 350 g/mol. The summed E-state index contributed by atoms with van der Waals surface area (Å²) in [6.45, 7) is 5.30. The largest absolute Gasteiger partial charge is 0.431 e. The summed E-state index contributed by atoms with van der Waals surface area (Å²) in [7, 11) is 0. The smallest absolute Gasteiger partial charge is 0.321 e. The zero-order chi connectivity index (χ0) is 17.7. The predicted octanol–water partition coefficient (Wildman–Crippen LogP) is 3.71. The number of carbonyl (C=O) groups excluding carboxylic acids is 2. The Kier molecular flexibility index (Phi) is 6.28. The minimum Gasteiger partial charge on any atom is -0.431 e. The summed E-state index contributed by atoms with van der Waals surface area (Å²) >= 11 is 6.99. The Hall–Kier alpha value is -1.99. The third-order valence-electron chi connectivity index (χ3n) is 2.92. The molecule has 3 amide bonds. The second-order valence-electron chi connectivity index (χ2n) is 5.37. The van der Waals surface area contributed by atoms with Crippen LogP contribution in [0.25, 0.3) is 11.3 Å². The van der Waals surface area contributed by atoms with Crippen molar-refractivity contribution in [1.82, 2.24) is 15.6 Å². The number of oxazole rings is 1. The van der Waals surface area contributed by atoms with Crippen LogP contribution in [0, 0.1) is 0 Å². The van der Waals surface area contributed by atoms with Gasteiger partial charge < -0.3 is 9.73 Å². The van der Waals surface area contributed by atoms with Crippen molar-refractivity contribution in [2.75, 3.05) is 0 Å². The first-order chi connectivity index (χ1) is 11.3. The molecule has 1 aromatic carbocycles. The van der Waals surface area contributed by atoms with Crippen molar-refractivity contribution < 1.29 is 14.0 Å². The van der Waals surface area contributed by atoms with Crippen LogP contribution in [0.15, 0.2) is 40.1 Å². The fraction of sp³-hybridized carbons (Fsp3) is 0.312. The van der Waals surface area contributed by atoms with Crippen LogP contribution in [-0.2, 0) is 4.79 Å². The van der Waals surface area contributed by atoms with Crippen LogP contribution < -0.4 is 10.6 Å². The van der Waals surface area contributed by atoms with Gasteiger partial charge in [-0.2, -0.15) is 0 Å². The molecule has 2 N–H and O–H groups in total. The Bertz CT molecular complexity index is 716. The quantitative estimate of drug-likeness (QED) is 0.787. The molecule has 0 unspecified atom stereocenters. The van der Waals surface area contributed by atoms with Crippen molar-refractivity contribution >= 4 is 35.3 Å². The summed E-state index contributed by atoms with van der Waals surface area (Å²) < 4.78 is 5.63. The number of nitrogens with one attached hydrogen (secondary N) is 2. The molecule has 6 nitrogen and oxygen atoms in total. The van der Waals surface area contributed by atoms with E-state index in [2.05, 4.69) is 15.6 Å². The van der Waals surface area contributed by atoms with E-state index in [4.69, 9.17) is 16.0 Å². The van der Waals surface area contributed by atoms with E-state index < -0.39 is 17.2 Å². The number of amides is 3. The first-order valence-corrected chi connectivity index (χ1v) is 8.60. The monoisotopic (exact) mass is 367 g/mol. The molecule has 24 heavy (non-hydrogen) atoms. The molecule has 0 spiro atoms. The summed E-state index contributed by atoms with van der Waals surface area (Å²) in [5, 5.41) is 5.34. The van der Waals surface area contributed by atoms with Gasteiger partial charge in [0.05, 0.1) is 11.4 Å². The van der Waals surface area contributed by atoms with Crippen LogP contribution >= 0.6 is 23.4 Å². The fourth-order valence-electron chi connectivity index (χ4n) is 1.78. The minimum atomic E-state index is -0.528. The number of hydrogen-bond acceptors (Lipinski definition) is 5. The van der Waals surface area contributed by atoms with Gasteiger partial charge in [-0.1, -0.05) is 23.4 Å². The summed E-state index contributed by atoms with van der Waals surface area (Å²) in [5.41, 5.74) is 0.840. The van der Waals surface area contributed by atoms with Gasteiger partial charge >= 0.3 is 6.03 Å². The molecule has 0 saturated heterocycles. The number of thioether (sulfide) groups is 1. The van der Waals surface area contributed by atoms with Gasteiger partial charge in [-0.3, -0.25) is 10.1 Å². The number of carbonyl (C=O) groups is 2. The standard InChI is InChI=1S/C16H18ClN3O3S/c1-9(2)19-15(22)20-14(21)10(3)24-16-18-8-13(23-16)11-4-6-12(17)7-5-11/h4-10H,1-3H3,(H2,19,20,21,22)/t10-/m1/s1. The van der Waals surface area contributed by atoms with Gasteiger partial charge in [-0.05, 0) is 45.0 Å². The SMILES string of the molecule is CC(C)NC(=O)NC(=O)[C@@H](C)Sc1ncc(-c2ccc(Cl)cc2)o1. The average Bonchev–Trinajstić information content (AvgIpc) is 2.95. The zero-order valence-corrected chi connectivity index (χ0v) is 15.1. The van der Waals surface area contributed by atoms with Crippen molar-refractivity contribution in [2.24, 2.45) is 0 Å². The van der Waals surface area contributed by atoms with Crippen LogP contribution in [0.2, 0.25) is 5.02 Å². The molecule has 1 atom stereocenters. The highest BCUT2D eigenvalue weighted by atomic mass is 35.5. The molecule has 0 aliphatic carbocycles. The first-order valence-electron chi connectivity index (χ1n) is 7.35. The van der Waals surface area contributed by atoms with Gasteiger partial charge in [-0.15, -0.1) is 0 Å². The zero-order valence-electron chi connectivity index (χ0n) is 13.5. The summed E-state index contributed by atoms with van der Waals surface area (Å²) in [5.74, 6) is 0.170. The summed E-state index contributed by atoms with van der Waals surface area (Å²) in [6, 6.07) is 6.60. The topological polar surface area (TPSA) is 84.2 Å². The van der Waals surface area contributed by atoms with Gasteiger partial charge in [-0.25, -0.2) is 9.78 Å². The van der Waals surface area contributed by atoms with E-state index in [0.717, 1.165) is 17.3 Å². The van der Waals surface area contributed by atoms with Crippen molar-refractivity contribution in [2.45, 2.75) is 37.3 Å². The predicted molar refractivity (Wildman–Crippen MR) is 94.1 cm³/mol. The number of urea groups is 1. The van der Waals surface area contributed by atoms with Gasteiger partial charge in [0, 0.05) is 16.6 Å². The third-order valence-corrected chi connectivity index (χ3v) is 4.13. The molecular formula is C16H18ClN3O3S. The highest BCUT2D eigenvalue weighted by Crippen LogP contribution is 2.28. The van der Waals surface area contributed by atoms with Crippen LogP contribution in [0.1, 0.15) is 20.8 Å². The molecule has 8 heteroatoms. The van der Waals surface area contributed by atoms with E-state index in [1.54, 1.807) is 25.3 Å². The van der Waals surface area contributed by atoms with E-state index in [-0.39, 0.29) is 6.04 Å². The normalized spacial score (nSPS) is 12.0. The Morgan fingerprint density at radius 2 is 1.88 bits per heavy atom. The number of imide groups is 1. The molecule has 2 rings (SSSR count). The molecule has 0 aliphatic rings. The molecule has 0 fully saturated rings. The maximum atomic E-state index is 12.0. The van der Waals surface area contributed by atoms with E-state index in [1.807, 2.05) is 26.0 Å². The fourth-order valence-corrected chi connectivity index (χ4v) is 2.62. The second kappa shape index (κ2) is 8.21. The third kappa shape index (κ3) is 5.28. The van der Waals surface area contributed by atoms with Gasteiger partial charge in [0.2, 0.25) is 5.91 Å². The van der Waals surface area contributed by atoms with Crippen LogP contribution in [0.4, 0.5) is 4.79 Å². The Labute approximate surface area is 149 Å². The van der Waals surface area contributed by atoms with E-state index in [1.165, 1.54) is 0 Å². The van der Waals surface area contributed by atoms with Crippen LogP contribution in [0.5, 0.6) is 0 Å². The van der Waals surface area contributed by atoms with E-state index in [0.29, 0.717) is 16.0 Å². The lowest BCUT2D eigenvalue weighted by Crippen LogP contribution is -2.45. The lowest BCUT2D eigenvalue weighted by molar-refractivity contribution is -0.119. The number of rotatable bonds is 5. The number of benzene rings is 1. The summed E-state index contributed by atoms with van der Waals surface area (Å²) in [6.07, 6.45) is 1.58. The maximum Gasteiger partial charge on any atom is 0.321 e. The van der Waals surface area contributed by atoms with Crippen LogP contribution in [0.3, 0.4) is 0 Å². The second-order valence-corrected chi connectivity index (χ2v) is 7.10. The number of hydrogen-bond donors (Lipinski definition) is 2. The lowest BCUT2D eigenvalue weighted by Gasteiger charge is -2.11. The van der Waals surface area contributed by atoms with Crippen molar-refractivity contribution in [3.63, 3.8) is 0 Å². The highest BCUT2D eigenvalue weighted by molar-refractivity contribution is 8.00. The Balaban J connectivity index is 1.95. The summed E-state index contributed by atoms with van der Waals surface area (Å²) in [4.78, 5) is 27.7. The first kappa shape index (κ1) is 18.4. The van der Waals surface area contributed by atoms with E-state index >= 15 is 0 Å². The maximum absolute atomic E-state index is 12.0. The molecule has 1 heterocycles. The highest BCUT2D eigenvalue weighted by Gasteiger charge is 2.20. The van der Waals surface area contributed by atoms with Crippen LogP contribution in [-0.4, -0.2) is 28.2 Å². The molecule has 0 bridgehead atoms. The number of halogens is 1. The van der Waals surface area contributed by atoms with Crippen molar-refractivity contribution in [1.29, 1.82) is 0 Å². The van der Waals surface area contributed by atoms with Crippen molar-refractivity contribution in [3.8, 4) is 11.3 Å². The Morgan fingerprint density at radius 3 is 2.50 bits per heavy atom. The Morgan fingerprint density at radius 1 is 1.21 bits per heavy atom. The van der Waals surface area contributed by atoms with Crippen molar-refractivity contribution in [3.05, 3.63) is 35.5 Å². The van der Waals surface area contributed by atoms with Gasteiger partial charge in [0.1, 0.15) is 0 Å². The minimum absolute atomic E-state index is 0.0468. The molecule has 0 aliphatic heterocycles. The average molecular weight is 368 g/mol. The molecule has 1 aromatic heterocycles. The van der Waals surface area contributed by atoms with Gasteiger partial charge in [0.25, 0.3) is 5.22 Å². The van der Waals surface area contributed by atoms with E-state index in [9.17, 15) is 9.59 Å². The number of nitrogens with zero attached hydrogens (tertiary/aromatic N) is 1. The molecule has 0 saturated carbocycles. The lowest BCUT2D eigenvalue weighted by atomic mass is 10.2. The molecule has 0 radical (unpaired) electrons. The number of aromatic nitrogens is 1. The molecule has 2 aromatic rings. The van der Waals surface area contributed by atoms with Gasteiger partial charge in [0.15, 0.2) is 5.76 Å². The molecule has 128 valence electrons.